The normalized spacial score (nSPS) is 18.2. The minimum absolute atomic E-state index is 0.0860. The lowest BCUT2D eigenvalue weighted by atomic mass is 10.1. The maximum atomic E-state index is 13.9. The van der Waals surface area contributed by atoms with Crippen LogP contribution in [0.15, 0.2) is 17.0 Å². The van der Waals surface area contributed by atoms with E-state index in [1.165, 1.54) is 36.7 Å². The lowest BCUT2D eigenvalue weighted by Gasteiger charge is -2.12. The van der Waals surface area contributed by atoms with Crippen LogP contribution in [0, 0.1) is 11.6 Å². The molecule has 2 rings (SSSR count). The van der Waals surface area contributed by atoms with Crippen LogP contribution >= 0.6 is 11.8 Å². The summed E-state index contributed by atoms with van der Waals surface area (Å²) in [5.41, 5.74) is 6.28. The Morgan fingerprint density at radius 2 is 1.83 bits per heavy atom. The fraction of sp³-hybridized carbons (Fsp3) is 0.571. The first-order chi connectivity index (χ1) is 8.56. The van der Waals surface area contributed by atoms with Gasteiger partial charge in [-0.2, -0.15) is 0 Å². The first-order valence-corrected chi connectivity index (χ1v) is 7.34. The van der Waals surface area contributed by atoms with Crippen molar-refractivity contribution < 1.29 is 8.78 Å². The van der Waals surface area contributed by atoms with Crippen LogP contribution in [0.5, 0.6) is 0 Å². The van der Waals surface area contributed by atoms with E-state index in [0.29, 0.717) is 17.2 Å². The summed E-state index contributed by atoms with van der Waals surface area (Å²) in [5, 5.41) is 0.369. The molecule has 1 fully saturated rings. The quantitative estimate of drug-likeness (QED) is 0.899. The molecule has 0 aliphatic heterocycles. The van der Waals surface area contributed by atoms with Gasteiger partial charge in [-0.25, -0.2) is 8.78 Å². The summed E-state index contributed by atoms with van der Waals surface area (Å²) >= 11 is 1.35. The third kappa shape index (κ3) is 3.45. The van der Waals surface area contributed by atoms with Gasteiger partial charge >= 0.3 is 0 Å². The molecule has 2 N–H and O–H groups in total. The Labute approximate surface area is 111 Å². The van der Waals surface area contributed by atoms with E-state index >= 15 is 0 Å². The second kappa shape index (κ2) is 6.02. The molecule has 1 aromatic carbocycles. The van der Waals surface area contributed by atoms with Gasteiger partial charge in [0.2, 0.25) is 0 Å². The molecule has 1 saturated carbocycles. The monoisotopic (exact) mass is 271 g/mol. The van der Waals surface area contributed by atoms with Crippen molar-refractivity contribution in [3.8, 4) is 0 Å². The molecule has 0 bridgehead atoms. The zero-order valence-electron chi connectivity index (χ0n) is 10.6. The molecule has 4 heteroatoms. The van der Waals surface area contributed by atoms with Gasteiger partial charge in [0.25, 0.3) is 0 Å². The number of thioether (sulfide) groups is 1. The Kier molecular flexibility index (Phi) is 4.62. The second-order valence-corrected chi connectivity index (χ2v) is 6.40. The lowest BCUT2D eigenvalue weighted by molar-refractivity contribution is 0.534. The molecule has 1 aromatic rings. The minimum atomic E-state index is -0.442. The Hall–Kier alpha value is -0.610. The topological polar surface area (TPSA) is 26.0 Å². The molecule has 0 heterocycles. The average molecular weight is 271 g/mol. The van der Waals surface area contributed by atoms with Gasteiger partial charge in [-0.1, -0.05) is 12.8 Å². The van der Waals surface area contributed by atoms with Gasteiger partial charge < -0.3 is 5.73 Å². The molecule has 1 unspecified atom stereocenters. The number of halogens is 2. The van der Waals surface area contributed by atoms with Crippen LogP contribution in [0.2, 0.25) is 0 Å². The van der Waals surface area contributed by atoms with Gasteiger partial charge in [-0.05, 0) is 43.9 Å². The van der Waals surface area contributed by atoms with E-state index in [2.05, 4.69) is 0 Å². The van der Waals surface area contributed by atoms with E-state index in [0.717, 1.165) is 12.8 Å². The molecule has 0 saturated heterocycles. The fourth-order valence-electron chi connectivity index (χ4n) is 2.39. The minimum Gasteiger partial charge on any atom is -0.328 e. The highest BCUT2D eigenvalue weighted by Gasteiger charge is 2.21. The van der Waals surface area contributed by atoms with Gasteiger partial charge in [0.15, 0.2) is 0 Å². The Morgan fingerprint density at radius 1 is 1.28 bits per heavy atom. The number of hydrogen-bond donors (Lipinski definition) is 1. The van der Waals surface area contributed by atoms with Crippen molar-refractivity contribution in [2.24, 2.45) is 5.73 Å². The predicted octanol–water partition coefficient (Wildman–Crippen LogP) is 3.89. The number of benzene rings is 1. The average Bonchev–Trinajstić information content (AvgIpc) is 2.75. The molecule has 18 heavy (non-hydrogen) atoms. The Balaban J connectivity index is 2.15. The highest BCUT2D eigenvalue weighted by Crippen LogP contribution is 2.37. The Bertz CT molecular complexity index is 391. The van der Waals surface area contributed by atoms with Crippen molar-refractivity contribution in [1.29, 1.82) is 0 Å². The summed E-state index contributed by atoms with van der Waals surface area (Å²) in [6.45, 7) is 1.83. The van der Waals surface area contributed by atoms with Gasteiger partial charge in [0.05, 0.1) is 4.90 Å². The summed E-state index contributed by atoms with van der Waals surface area (Å²) in [6.07, 6.45) is 4.96. The summed E-state index contributed by atoms with van der Waals surface area (Å²) in [4.78, 5) is 0.176. The molecule has 0 amide bonds. The van der Waals surface area contributed by atoms with Crippen molar-refractivity contribution in [3.05, 3.63) is 29.3 Å². The van der Waals surface area contributed by atoms with Gasteiger partial charge in [-0.3, -0.25) is 0 Å². The maximum absolute atomic E-state index is 13.9. The van der Waals surface area contributed by atoms with E-state index in [4.69, 9.17) is 5.73 Å². The molecule has 1 atom stereocenters. The number of nitrogens with two attached hydrogens (primary N) is 1. The standard InChI is InChI=1S/C14H19F2NS/c1-9(17)6-10-7-12(15)14(13(16)8-10)18-11-4-2-3-5-11/h7-9,11H,2-6,17H2,1H3. The highest BCUT2D eigenvalue weighted by molar-refractivity contribution is 8.00. The van der Waals surface area contributed by atoms with E-state index in [9.17, 15) is 8.78 Å². The number of hydrogen-bond acceptors (Lipinski definition) is 2. The Morgan fingerprint density at radius 3 is 2.33 bits per heavy atom. The summed E-state index contributed by atoms with van der Waals surface area (Å²) in [7, 11) is 0. The third-order valence-electron chi connectivity index (χ3n) is 3.20. The summed E-state index contributed by atoms with van der Waals surface area (Å²) in [6, 6.07) is 2.75. The van der Waals surface area contributed by atoms with Gasteiger partial charge in [0, 0.05) is 11.3 Å². The van der Waals surface area contributed by atoms with E-state index < -0.39 is 11.6 Å². The highest BCUT2D eigenvalue weighted by atomic mass is 32.2. The van der Waals surface area contributed by atoms with Crippen LogP contribution in [-0.2, 0) is 6.42 Å². The molecular weight excluding hydrogens is 252 g/mol. The molecule has 0 spiro atoms. The molecule has 100 valence electrons. The lowest BCUT2D eigenvalue weighted by Crippen LogP contribution is -2.18. The SMILES string of the molecule is CC(N)Cc1cc(F)c(SC2CCCC2)c(F)c1. The second-order valence-electron chi connectivity index (χ2n) is 5.09. The van der Waals surface area contributed by atoms with Crippen LogP contribution in [0.1, 0.15) is 38.2 Å². The van der Waals surface area contributed by atoms with Crippen molar-refractivity contribution in [3.63, 3.8) is 0 Å². The predicted molar refractivity (Wildman–Crippen MR) is 71.8 cm³/mol. The molecule has 0 radical (unpaired) electrons. The van der Waals surface area contributed by atoms with Crippen LogP contribution in [0.3, 0.4) is 0 Å². The maximum Gasteiger partial charge on any atom is 0.140 e. The first-order valence-electron chi connectivity index (χ1n) is 6.46. The van der Waals surface area contributed by atoms with E-state index in [-0.39, 0.29) is 10.9 Å². The van der Waals surface area contributed by atoms with E-state index in [1.807, 2.05) is 6.92 Å². The molecule has 1 aliphatic rings. The molecule has 0 aromatic heterocycles. The van der Waals surface area contributed by atoms with Crippen molar-refractivity contribution >= 4 is 11.8 Å². The largest absolute Gasteiger partial charge is 0.328 e. The van der Waals surface area contributed by atoms with Gasteiger partial charge in [0.1, 0.15) is 11.6 Å². The smallest absolute Gasteiger partial charge is 0.140 e. The zero-order valence-corrected chi connectivity index (χ0v) is 11.4. The first kappa shape index (κ1) is 13.8. The van der Waals surface area contributed by atoms with Crippen molar-refractivity contribution in [1.82, 2.24) is 0 Å². The fourth-order valence-corrected chi connectivity index (χ4v) is 3.63. The van der Waals surface area contributed by atoms with Crippen LogP contribution < -0.4 is 5.73 Å². The summed E-state index contributed by atoms with van der Waals surface area (Å²) < 4.78 is 27.8. The van der Waals surface area contributed by atoms with Crippen molar-refractivity contribution in [2.45, 2.75) is 55.2 Å². The summed E-state index contributed by atoms with van der Waals surface area (Å²) in [5.74, 6) is -0.884. The molecule has 1 aliphatic carbocycles. The van der Waals surface area contributed by atoms with Crippen LogP contribution in [0.4, 0.5) is 8.78 Å². The molecule has 1 nitrogen and oxygen atoms in total. The third-order valence-corrected chi connectivity index (χ3v) is 4.63. The van der Waals surface area contributed by atoms with Crippen LogP contribution in [0.25, 0.3) is 0 Å². The zero-order chi connectivity index (χ0) is 13.1. The van der Waals surface area contributed by atoms with E-state index in [1.54, 1.807) is 0 Å². The van der Waals surface area contributed by atoms with Gasteiger partial charge in [-0.15, -0.1) is 11.8 Å². The number of rotatable bonds is 4. The molecular formula is C14H19F2NS. The van der Waals surface area contributed by atoms with Crippen LogP contribution in [-0.4, -0.2) is 11.3 Å². The van der Waals surface area contributed by atoms with Crippen molar-refractivity contribution in [2.75, 3.05) is 0 Å².